The maximum Gasteiger partial charge on any atom is 0.407 e. The molecule has 2 rings (SSSR count). The van der Waals surface area contributed by atoms with Gasteiger partial charge in [-0.15, -0.1) is 0 Å². The Hall–Kier alpha value is -2.44. The fraction of sp³-hybridized carbons (Fsp3) is 0.385. The Bertz CT molecular complexity index is 518. The highest BCUT2D eigenvalue weighted by molar-refractivity contribution is 5.84. The van der Waals surface area contributed by atoms with E-state index in [9.17, 15) is 19.7 Å². The first kappa shape index (κ1) is 14.0. The van der Waals surface area contributed by atoms with Crippen molar-refractivity contribution in [2.24, 2.45) is 5.92 Å². The third-order valence-corrected chi connectivity index (χ3v) is 3.08. The Morgan fingerprint density at radius 1 is 1.35 bits per heavy atom. The molecule has 0 spiro atoms. The highest BCUT2D eigenvalue weighted by Crippen LogP contribution is 2.21. The van der Waals surface area contributed by atoms with Crippen LogP contribution in [0.25, 0.3) is 0 Å². The number of carbonyl (C=O) groups excluding carboxylic acids is 2. The fourth-order valence-corrected chi connectivity index (χ4v) is 1.87. The van der Waals surface area contributed by atoms with Crippen molar-refractivity contribution in [2.75, 3.05) is 6.54 Å². The van der Waals surface area contributed by atoms with Crippen LogP contribution in [0.15, 0.2) is 24.3 Å². The summed E-state index contributed by atoms with van der Waals surface area (Å²) in [4.78, 5) is 32.1. The van der Waals surface area contributed by atoms with Gasteiger partial charge in [-0.1, -0.05) is 0 Å². The van der Waals surface area contributed by atoms with E-state index >= 15 is 0 Å². The maximum atomic E-state index is 11.4. The standard InChI is InChI=1S/C13H14N2O5/c16-12-5-10(6-12)7-14-13(17)20-8-9-1-3-11(4-2-9)15(18)19/h1-4,10H,5-8H2,(H,14,17). The number of nitrogens with one attached hydrogen (secondary N) is 1. The molecule has 0 aromatic heterocycles. The summed E-state index contributed by atoms with van der Waals surface area (Å²) in [6.07, 6.45) is 0.480. The Balaban J connectivity index is 1.70. The van der Waals surface area contributed by atoms with E-state index in [1.54, 1.807) is 0 Å². The number of rotatable bonds is 5. The van der Waals surface area contributed by atoms with Crippen LogP contribution in [0.1, 0.15) is 18.4 Å². The topological polar surface area (TPSA) is 98.5 Å². The molecule has 106 valence electrons. The largest absolute Gasteiger partial charge is 0.445 e. The van der Waals surface area contributed by atoms with Crippen LogP contribution in [0.4, 0.5) is 10.5 Å². The van der Waals surface area contributed by atoms with E-state index in [4.69, 9.17) is 4.74 Å². The Morgan fingerprint density at radius 3 is 2.55 bits per heavy atom. The molecule has 1 aliphatic rings. The van der Waals surface area contributed by atoms with Crippen molar-refractivity contribution >= 4 is 17.6 Å². The zero-order valence-electron chi connectivity index (χ0n) is 10.7. The van der Waals surface area contributed by atoms with E-state index < -0.39 is 11.0 Å². The average molecular weight is 278 g/mol. The number of ether oxygens (including phenoxy) is 1. The number of Topliss-reactive ketones (excluding diaryl/α,β-unsaturated/α-hetero) is 1. The number of carbonyl (C=O) groups is 2. The molecular weight excluding hydrogens is 264 g/mol. The second kappa shape index (κ2) is 6.14. The second-order valence-corrected chi connectivity index (χ2v) is 4.69. The molecular formula is C13H14N2O5. The number of nitro groups is 1. The molecule has 0 saturated heterocycles. The summed E-state index contributed by atoms with van der Waals surface area (Å²) in [5, 5.41) is 13.1. The summed E-state index contributed by atoms with van der Waals surface area (Å²) in [7, 11) is 0. The molecule has 0 bridgehead atoms. The van der Waals surface area contributed by atoms with E-state index in [1.807, 2.05) is 0 Å². The molecule has 1 amide bonds. The lowest BCUT2D eigenvalue weighted by Crippen LogP contribution is -2.36. The van der Waals surface area contributed by atoms with Crippen molar-refractivity contribution in [3.8, 4) is 0 Å². The Morgan fingerprint density at radius 2 is 2.00 bits per heavy atom. The van der Waals surface area contributed by atoms with Crippen molar-refractivity contribution in [3.63, 3.8) is 0 Å². The molecule has 0 heterocycles. The number of nitrogens with zero attached hydrogens (tertiary/aromatic N) is 1. The van der Waals surface area contributed by atoms with Crippen molar-refractivity contribution in [1.82, 2.24) is 5.32 Å². The summed E-state index contributed by atoms with van der Waals surface area (Å²) in [5.74, 6) is 0.436. The highest BCUT2D eigenvalue weighted by atomic mass is 16.6. The monoisotopic (exact) mass is 278 g/mol. The van der Waals surface area contributed by atoms with E-state index in [-0.39, 0.29) is 24.0 Å². The summed E-state index contributed by atoms with van der Waals surface area (Å²) in [6, 6.07) is 5.79. The summed E-state index contributed by atoms with van der Waals surface area (Å²) < 4.78 is 4.97. The van der Waals surface area contributed by atoms with E-state index in [1.165, 1.54) is 24.3 Å². The lowest BCUT2D eigenvalue weighted by atomic mass is 9.84. The van der Waals surface area contributed by atoms with Gasteiger partial charge in [-0.3, -0.25) is 14.9 Å². The molecule has 0 radical (unpaired) electrons. The molecule has 7 nitrogen and oxygen atoms in total. The zero-order chi connectivity index (χ0) is 14.5. The van der Waals surface area contributed by atoms with Crippen molar-refractivity contribution in [1.29, 1.82) is 0 Å². The summed E-state index contributed by atoms with van der Waals surface area (Å²) >= 11 is 0. The lowest BCUT2D eigenvalue weighted by Gasteiger charge is -2.23. The van der Waals surface area contributed by atoms with Gasteiger partial charge in [0.25, 0.3) is 5.69 Å². The number of nitro benzene ring substituents is 1. The molecule has 1 N–H and O–H groups in total. The first-order valence-corrected chi connectivity index (χ1v) is 6.20. The molecule has 0 unspecified atom stereocenters. The van der Waals surface area contributed by atoms with E-state index in [0.717, 1.165) is 0 Å². The first-order chi connectivity index (χ1) is 9.54. The fourth-order valence-electron chi connectivity index (χ4n) is 1.87. The van der Waals surface area contributed by atoms with Crippen molar-refractivity contribution in [2.45, 2.75) is 19.4 Å². The predicted octanol–water partition coefficient (Wildman–Crippen LogP) is 1.80. The van der Waals surface area contributed by atoms with Crippen LogP contribution >= 0.6 is 0 Å². The van der Waals surface area contributed by atoms with Gasteiger partial charge < -0.3 is 10.1 Å². The number of hydrogen-bond acceptors (Lipinski definition) is 5. The number of ketones is 1. The normalized spacial score (nSPS) is 14.5. The van der Waals surface area contributed by atoms with Crippen molar-refractivity contribution in [3.05, 3.63) is 39.9 Å². The zero-order valence-corrected chi connectivity index (χ0v) is 10.7. The van der Waals surface area contributed by atoms with Crippen LogP contribution in [0.5, 0.6) is 0 Å². The summed E-state index contributed by atoms with van der Waals surface area (Å²) in [5.41, 5.74) is 0.664. The Labute approximate surface area is 115 Å². The van der Waals surface area contributed by atoms with Crippen LogP contribution in [0.2, 0.25) is 0 Å². The maximum absolute atomic E-state index is 11.4. The number of benzene rings is 1. The van der Waals surface area contributed by atoms with E-state index in [0.29, 0.717) is 24.9 Å². The molecule has 1 saturated carbocycles. The van der Waals surface area contributed by atoms with Gasteiger partial charge in [0.1, 0.15) is 12.4 Å². The Kier molecular flexibility index (Phi) is 4.29. The van der Waals surface area contributed by atoms with Crippen molar-refractivity contribution < 1.29 is 19.2 Å². The number of non-ortho nitro benzene ring substituents is 1. The van der Waals surface area contributed by atoms with Gasteiger partial charge in [0.2, 0.25) is 0 Å². The summed E-state index contributed by atoms with van der Waals surface area (Å²) in [6.45, 7) is 0.484. The molecule has 1 aromatic carbocycles. The SMILES string of the molecule is O=C1CC(CNC(=O)OCc2ccc([N+](=O)[O-])cc2)C1. The third-order valence-electron chi connectivity index (χ3n) is 3.08. The van der Waals surface area contributed by atoms with Gasteiger partial charge >= 0.3 is 6.09 Å². The number of hydrogen-bond donors (Lipinski definition) is 1. The van der Waals surface area contributed by atoms with Crippen LogP contribution in [-0.4, -0.2) is 23.3 Å². The van der Waals surface area contributed by atoms with E-state index in [2.05, 4.69) is 5.32 Å². The average Bonchev–Trinajstić information content (AvgIpc) is 2.40. The van der Waals surface area contributed by atoms with Crippen LogP contribution in [0.3, 0.4) is 0 Å². The molecule has 0 aliphatic heterocycles. The minimum Gasteiger partial charge on any atom is -0.445 e. The number of alkyl carbamates (subject to hydrolysis) is 1. The quantitative estimate of drug-likeness (QED) is 0.654. The minimum absolute atomic E-state index is 0.00662. The third kappa shape index (κ3) is 3.78. The van der Waals surface area contributed by atoms with Crippen LogP contribution in [-0.2, 0) is 16.1 Å². The smallest absolute Gasteiger partial charge is 0.407 e. The molecule has 20 heavy (non-hydrogen) atoms. The number of amides is 1. The second-order valence-electron chi connectivity index (χ2n) is 4.69. The molecule has 7 heteroatoms. The van der Waals surface area contributed by atoms with Gasteiger partial charge in [-0.25, -0.2) is 4.79 Å². The molecule has 1 aliphatic carbocycles. The predicted molar refractivity (Wildman–Crippen MR) is 69.0 cm³/mol. The molecule has 0 atom stereocenters. The molecule has 1 aromatic rings. The van der Waals surface area contributed by atoms with Gasteiger partial charge in [0.05, 0.1) is 4.92 Å². The van der Waals surface area contributed by atoms with Crippen LogP contribution in [0, 0.1) is 16.0 Å². The minimum atomic E-state index is -0.553. The van der Waals surface area contributed by atoms with Gasteiger partial charge in [-0.2, -0.15) is 0 Å². The lowest BCUT2D eigenvalue weighted by molar-refractivity contribution is -0.384. The van der Waals surface area contributed by atoms with Gasteiger partial charge in [0.15, 0.2) is 0 Å². The van der Waals surface area contributed by atoms with Gasteiger partial charge in [-0.05, 0) is 23.6 Å². The van der Waals surface area contributed by atoms with Crippen LogP contribution < -0.4 is 5.32 Å². The molecule has 1 fully saturated rings. The highest BCUT2D eigenvalue weighted by Gasteiger charge is 2.26. The first-order valence-electron chi connectivity index (χ1n) is 6.20. The van der Waals surface area contributed by atoms with Gasteiger partial charge in [0, 0.05) is 31.5 Å².